The summed E-state index contributed by atoms with van der Waals surface area (Å²) in [6.07, 6.45) is 10.1. The minimum Gasteiger partial charge on any atom is -0.352 e. The van der Waals surface area contributed by atoms with Gasteiger partial charge < -0.3 is 14.8 Å². The van der Waals surface area contributed by atoms with Crippen molar-refractivity contribution in [1.29, 1.82) is 0 Å². The minimum absolute atomic E-state index is 0. The molecule has 1 aliphatic rings. The van der Waals surface area contributed by atoms with Crippen molar-refractivity contribution in [1.82, 2.24) is 24.7 Å². The van der Waals surface area contributed by atoms with E-state index in [4.69, 9.17) is 0 Å². The van der Waals surface area contributed by atoms with Gasteiger partial charge in [0.25, 0.3) is 0 Å². The van der Waals surface area contributed by atoms with Crippen LogP contribution in [-0.4, -0.2) is 65.1 Å². The number of aliphatic imine (C=N–C) groups is 1. The number of hydrogen-bond acceptors (Lipinski definition) is 3. The van der Waals surface area contributed by atoms with Crippen LogP contribution in [0.2, 0.25) is 0 Å². The van der Waals surface area contributed by atoms with E-state index in [2.05, 4.69) is 96.4 Å². The van der Waals surface area contributed by atoms with Gasteiger partial charge in [0.05, 0.1) is 6.33 Å². The number of benzene rings is 2. The summed E-state index contributed by atoms with van der Waals surface area (Å²) in [6.45, 7) is 6.64. The molecule has 7 heteroatoms. The van der Waals surface area contributed by atoms with Crippen LogP contribution in [0.4, 0.5) is 0 Å². The average molecular weight is 556 g/mol. The highest BCUT2D eigenvalue weighted by molar-refractivity contribution is 14.0. The molecule has 0 aliphatic carbocycles. The Hall–Kier alpha value is -2.65. The molecular weight excluding hydrogens is 523 g/mol. The minimum atomic E-state index is 0. The maximum atomic E-state index is 4.52. The zero-order valence-corrected chi connectivity index (χ0v) is 21.5. The molecule has 6 nitrogen and oxygen atoms in total. The van der Waals surface area contributed by atoms with E-state index in [0.29, 0.717) is 0 Å². The standard InChI is InChI=1S/C26H32N6.HI/c1-27-26(29-20-24-9-5-10-25(19-24)21-31-14-12-28-22-31)32-17-15-30(16-18-32)13-6-11-23-7-3-2-4-8-23;/h2-12,14,19,22H,13,15-18,20-21H2,1H3,(H,27,29);1H/b11-6+;. The van der Waals surface area contributed by atoms with E-state index in [9.17, 15) is 0 Å². The van der Waals surface area contributed by atoms with Gasteiger partial charge >= 0.3 is 0 Å². The molecule has 2 heterocycles. The summed E-state index contributed by atoms with van der Waals surface area (Å²) in [7, 11) is 1.87. The summed E-state index contributed by atoms with van der Waals surface area (Å²) in [5.41, 5.74) is 3.78. The van der Waals surface area contributed by atoms with Crippen LogP contribution in [0.15, 0.2) is 84.4 Å². The molecule has 174 valence electrons. The van der Waals surface area contributed by atoms with Crippen LogP contribution >= 0.6 is 24.0 Å². The summed E-state index contributed by atoms with van der Waals surface area (Å²) in [5, 5.41) is 3.55. The second-order valence-electron chi connectivity index (χ2n) is 8.06. The van der Waals surface area contributed by atoms with E-state index in [-0.39, 0.29) is 24.0 Å². The molecule has 33 heavy (non-hydrogen) atoms. The maximum absolute atomic E-state index is 4.52. The quantitative estimate of drug-likeness (QED) is 0.272. The van der Waals surface area contributed by atoms with E-state index in [0.717, 1.165) is 51.8 Å². The number of piperazine rings is 1. The lowest BCUT2D eigenvalue weighted by Crippen LogP contribution is -2.52. The molecule has 1 aromatic heterocycles. The highest BCUT2D eigenvalue weighted by atomic mass is 127. The number of nitrogens with one attached hydrogen (secondary N) is 1. The first-order valence-electron chi connectivity index (χ1n) is 11.2. The summed E-state index contributed by atoms with van der Waals surface area (Å²) >= 11 is 0. The lowest BCUT2D eigenvalue weighted by molar-refractivity contribution is 0.194. The van der Waals surface area contributed by atoms with Crippen molar-refractivity contribution >= 4 is 36.0 Å². The lowest BCUT2D eigenvalue weighted by Gasteiger charge is -2.36. The number of hydrogen-bond donors (Lipinski definition) is 1. The molecular formula is C26H33IN6. The first-order valence-corrected chi connectivity index (χ1v) is 11.2. The van der Waals surface area contributed by atoms with Gasteiger partial charge in [-0.15, -0.1) is 24.0 Å². The fraction of sp³-hybridized carbons (Fsp3) is 0.308. The molecule has 4 rings (SSSR count). The Labute approximate surface area is 214 Å². The topological polar surface area (TPSA) is 48.7 Å². The average Bonchev–Trinajstić information content (AvgIpc) is 3.34. The largest absolute Gasteiger partial charge is 0.352 e. The number of nitrogens with zero attached hydrogens (tertiary/aromatic N) is 5. The molecule has 0 unspecified atom stereocenters. The molecule has 0 bridgehead atoms. The molecule has 0 atom stereocenters. The van der Waals surface area contributed by atoms with Gasteiger partial charge in [0.1, 0.15) is 0 Å². The molecule has 1 aliphatic heterocycles. The summed E-state index contributed by atoms with van der Waals surface area (Å²) < 4.78 is 2.08. The highest BCUT2D eigenvalue weighted by Crippen LogP contribution is 2.09. The Kier molecular flexibility index (Phi) is 9.96. The smallest absolute Gasteiger partial charge is 0.194 e. The van der Waals surface area contributed by atoms with Gasteiger partial charge in [-0.25, -0.2) is 4.98 Å². The number of imidazole rings is 1. The monoisotopic (exact) mass is 556 g/mol. The fourth-order valence-corrected chi connectivity index (χ4v) is 3.99. The van der Waals surface area contributed by atoms with Gasteiger partial charge in [-0.1, -0.05) is 66.7 Å². The van der Waals surface area contributed by atoms with Gasteiger partial charge in [-0.05, 0) is 16.7 Å². The Balaban J connectivity index is 0.00000306. The van der Waals surface area contributed by atoms with Crippen LogP contribution < -0.4 is 5.32 Å². The normalized spacial score (nSPS) is 14.9. The summed E-state index contributed by atoms with van der Waals surface area (Å²) in [5.74, 6) is 0.976. The van der Waals surface area contributed by atoms with Crippen LogP contribution in [0.1, 0.15) is 16.7 Å². The van der Waals surface area contributed by atoms with Gasteiger partial charge in [0, 0.05) is 65.3 Å². The van der Waals surface area contributed by atoms with E-state index >= 15 is 0 Å². The molecule has 0 saturated carbocycles. The van der Waals surface area contributed by atoms with E-state index in [1.165, 1.54) is 16.7 Å². The molecule has 3 aromatic rings. The van der Waals surface area contributed by atoms with Gasteiger partial charge in [-0.2, -0.15) is 0 Å². The van der Waals surface area contributed by atoms with Crippen molar-refractivity contribution in [3.05, 3.63) is 96.1 Å². The zero-order chi connectivity index (χ0) is 22.0. The molecule has 1 fully saturated rings. The van der Waals surface area contributed by atoms with Crippen molar-refractivity contribution in [2.75, 3.05) is 39.8 Å². The van der Waals surface area contributed by atoms with Gasteiger partial charge in [0.2, 0.25) is 0 Å². The number of rotatable bonds is 7. The van der Waals surface area contributed by atoms with Crippen LogP contribution in [0, 0.1) is 0 Å². The van der Waals surface area contributed by atoms with Crippen LogP contribution in [0.3, 0.4) is 0 Å². The second kappa shape index (κ2) is 13.2. The van der Waals surface area contributed by atoms with Crippen LogP contribution in [-0.2, 0) is 13.1 Å². The predicted molar refractivity (Wildman–Crippen MR) is 147 cm³/mol. The molecule has 0 radical (unpaired) electrons. The van der Waals surface area contributed by atoms with Gasteiger partial charge in [-0.3, -0.25) is 9.89 Å². The van der Waals surface area contributed by atoms with E-state index in [1.54, 1.807) is 0 Å². The lowest BCUT2D eigenvalue weighted by atomic mass is 10.1. The Morgan fingerprint density at radius 2 is 1.82 bits per heavy atom. The van der Waals surface area contributed by atoms with Crippen LogP contribution in [0.25, 0.3) is 6.08 Å². The first-order chi connectivity index (χ1) is 15.8. The van der Waals surface area contributed by atoms with Crippen molar-refractivity contribution in [3.8, 4) is 0 Å². The number of aromatic nitrogens is 2. The SMILES string of the molecule is CN=C(NCc1cccc(Cn2ccnc2)c1)N1CCN(C/C=C/c2ccccc2)CC1.I. The Morgan fingerprint density at radius 3 is 2.55 bits per heavy atom. The van der Waals surface area contributed by atoms with Crippen LogP contribution in [0.5, 0.6) is 0 Å². The van der Waals surface area contributed by atoms with Crippen molar-refractivity contribution in [3.63, 3.8) is 0 Å². The van der Waals surface area contributed by atoms with Crippen molar-refractivity contribution < 1.29 is 0 Å². The molecule has 1 saturated heterocycles. The van der Waals surface area contributed by atoms with E-state index < -0.39 is 0 Å². The molecule has 1 N–H and O–H groups in total. The molecule has 0 amide bonds. The third-order valence-corrected chi connectivity index (χ3v) is 5.72. The predicted octanol–water partition coefficient (Wildman–Crippen LogP) is 3.96. The third kappa shape index (κ3) is 7.71. The Morgan fingerprint density at radius 1 is 1.03 bits per heavy atom. The fourth-order valence-electron chi connectivity index (χ4n) is 3.99. The zero-order valence-electron chi connectivity index (χ0n) is 19.2. The highest BCUT2D eigenvalue weighted by Gasteiger charge is 2.18. The maximum Gasteiger partial charge on any atom is 0.194 e. The molecule has 0 spiro atoms. The van der Waals surface area contributed by atoms with Crippen molar-refractivity contribution in [2.45, 2.75) is 13.1 Å². The van der Waals surface area contributed by atoms with Gasteiger partial charge in [0.15, 0.2) is 5.96 Å². The summed E-state index contributed by atoms with van der Waals surface area (Å²) in [4.78, 5) is 13.5. The number of halogens is 1. The summed E-state index contributed by atoms with van der Waals surface area (Å²) in [6, 6.07) is 19.2. The Bertz CT molecular complexity index is 1010. The molecule has 2 aromatic carbocycles. The number of guanidine groups is 1. The van der Waals surface area contributed by atoms with E-state index in [1.807, 2.05) is 25.8 Å². The first kappa shape index (κ1) is 25.0. The van der Waals surface area contributed by atoms with Crippen molar-refractivity contribution in [2.24, 2.45) is 4.99 Å². The second-order valence-corrected chi connectivity index (χ2v) is 8.06. The third-order valence-electron chi connectivity index (χ3n) is 5.72.